The van der Waals surface area contributed by atoms with Crippen molar-refractivity contribution in [3.05, 3.63) is 58.4 Å². The summed E-state index contributed by atoms with van der Waals surface area (Å²) in [5.74, 6) is -0.180. The van der Waals surface area contributed by atoms with Crippen LogP contribution in [0.3, 0.4) is 0 Å². The number of halogens is 2. The van der Waals surface area contributed by atoms with Gasteiger partial charge >= 0.3 is 0 Å². The van der Waals surface area contributed by atoms with Gasteiger partial charge in [0.1, 0.15) is 5.82 Å². The van der Waals surface area contributed by atoms with Crippen LogP contribution in [-0.4, -0.2) is 6.54 Å². The zero-order valence-electron chi connectivity index (χ0n) is 9.08. The molecule has 0 spiro atoms. The zero-order valence-corrected chi connectivity index (χ0v) is 9.84. The van der Waals surface area contributed by atoms with Gasteiger partial charge in [-0.05, 0) is 34.9 Å². The van der Waals surface area contributed by atoms with Crippen LogP contribution < -0.4 is 5.73 Å². The lowest BCUT2D eigenvalue weighted by Gasteiger charge is -2.10. The predicted molar refractivity (Wildman–Crippen MR) is 67.7 cm³/mol. The molecule has 86 valence electrons. The van der Waals surface area contributed by atoms with E-state index in [1.807, 2.05) is 18.2 Å². The van der Waals surface area contributed by atoms with Gasteiger partial charge in [-0.25, -0.2) is 4.39 Å². The van der Waals surface area contributed by atoms with Crippen molar-refractivity contribution in [3.63, 3.8) is 0 Å². The highest BCUT2D eigenvalue weighted by atomic mass is 35.5. The molecule has 1 unspecified atom stereocenters. The van der Waals surface area contributed by atoms with Gasteiger partial charge in [-0.1, -0.05) is 29.8 Å². The van der Waals surface area contributed by atoms with E-state index < -0.39 is 0 Å². The second-order valence-corrected chi connectivity index (χ2v) is 4.63. The van der Waals surface area contributed by atoms with Crippen LogP contribution in [0.1, 0.15) is 17.0 Å². The van der Waals surface area contributed by atoms with Crippen molar-refractivity contribution >= 4 is 11.6 Å². The van der Waals surface area contributed by atoms with Crippen molar-refractivity contribution in [3.8, 4) is 11.1 Å². The molecule has 1 atom stereocenters. The van der Waals surface area contributed by atoms with Crippen molar-refractivity contribution < 1.29 is 4.39 Å². The van der Waals surface area contributed by atoms with E-state index in [2.05, 4.69) is 0 Å². The van der Waals surface area contributed by atoms with E-state index in [0.717, 1.165) is 22.3 Å². The van der Waals surface area contributed by atoms with Crippen LogP contribution in [0.4, 0.5) is 4.39 Å². The molecule has 1 nitrogen and oxygen atoms in total. The van der Waals surface area contributed by atoms with Crippen LogP contribution in [0, 0.1) is 5.82 Å². The summed E-state index contributed by atoms with van der Waals surface area (Å²) in [6, 6.07) is 10.6. The number of nitrogens with two attached hydrogens (primary N) is 1. The molecule has 0 radical (unpaired) electrons. The van der Waals surface area contributed by atoms with Crippen LogP contribution in [0.25, 0.3) is 11.1 Å². The SMILES string of the molecule is NCC1c2cc(F)ccc2-c2c(Cl)cccc21. The van der Waals surface area contributed by atoms with Crippen LogP contribution in [0.5, 0.6) is 0 Å². The van der Waals surface area contributed by atoms with Gasteiger partial charge in [-0.15, -0.1) is 0 Å². The highest BCUT2D eigenvalue weighted by Gasteiger charge is 2.29. The first-order valence-corrected chi connectivity index (χ1v) is 5.88. The van der Waals surface area contributed by atoms with Crippen LogP contribution in [-0.2, 0) is 0 Å². The van der Waals surface area contributed by atoms with E-state index in [1.165, 1.54) is 6.07 Å². The van der Waals surface area contributed by atoms with Crippen molar-refractivity contribution in [2.24, 2.45) is 5.73 Å². The number of benzene rings is 2. The molecule has 0 aliphatic heterocycles. The first-order valence-electron chi connectivity index (χ1n) is 5.50. The minimum absolute atomic E-state index is 0.0504. The van der Waals surface area contributed by atoms with Gasteiger partial charge in [0.15, 0.2) is 0 Å². The Balaban J connectivity index is 2.34. The Kier molecular flexibility index (Phi) is 2.42. The van der Waals surface area contributed by atoms with Crippen LogP contribution >= 0.6 is 11.6 Å². The Morgan fingerprint density at radius 3 is 2.76 bits per heavy atom. The van der Waals surface area contributed by atoms with Gasteiger partial charge in [0, 0.05) is 23.0 Å². The molecule has 0 heterocycles. The maximum absolute atomic E-state index is 13.3. The second-order valence-electron chi connectivity index (χ2n) is 4.22. The van der Waals surface area contributed by atoms with E-state index in [4.69, 9.17) is 17.3 Å². The monoisotopic (exact) mass is 247 g/mol. The average Bonchev–Trinajstić information content (AvgIpc) is 2.63. The van der Waals surface area contributed by atoms with E-state index in [9.17, 15) is 4.39 Å². The van der Waals surface area contributed by atoms with Gasteiger partial charge in [0.2, 0.25) is 0 Å². The predicted octanol–water partition coefficient (Wildman–Crippen LogP) is 3.55. The Bertz CT molecular complexity index is 595. The Morgan fingerprint density at radius 2 is 2.00 bits per heavy atom. The summed E-state index contributed by atoms with van der Waals surface area (Å²) in [5, 5.41) is 0.700. The fourth-order valence-electron chi connectivity index (χ4n) is 2.59. The maximum atomic E-state index is 13.3. The summed E-state index contributed by atoms with van der Waals surface area (Å²) in [4.78, 5) is 0. The molecule has 2 aromatic carbocycles. The minimum Gasteiger partial charge on any atom is -0.330 e. The van der Waals surface area contributed by atoms with Crippen molar-refractivity contribution in [1.82, 2.24) is 0 Å². The molecule has 0 fully saturated rings. The highest BCUT2D eigenvalue weighted by molar-refractivity contribution is 6.33. The number of rotatable bonds is 1. The molecule has 2 aromatic rings. The quantitative estimate of drug-likeness (QED) is 0.819. The normalized spacial score (nSPS) is 16.8. The number of hydrogen-bond acceptors (Lipinski definition) is 1. The largest absolute Gasteiger partial charge is 0.330 e. The van der Waals surface area contributed by atoms with Crippen molar-refractivity contribution in [2.75, 3.05) is 6.54 Å². The summed E-state index contributed by atoms with van der Waals surface area (Å²) in [6.07, 6.45) is 0. The average molecular weight is 248 g/mol. The molecule has 0 aromatic heterocycles. The van der Waals surface area contributed by atoms with E-state index in [0.29, 0.717) is 11.6 Å². The minimum atomic E-state index is -0.230. The fourth-order valence-corrected chi connectivity index (χ4v) is 2.87. The molecule has 17 heavy (non-hydrogen) atoms. The number of hydrogen-bond donors (Lipinski definition) is 1. The smallest absolute Gasteiger partial charge is 0.123 e. The summed E-state index contributed by atoms with van der Waals surface area (Å²) in [5.41, 5.74) is 9.84. The second kappa shape index (κ2) is 3.83. The lowest BCUT2D eigenvalue weighted by Crippen LogP contribution is -2.11. The Hall–Kier alpha value is -1.38. The molecule has 0 bridgehead atoms. The topological polar surface area (TPSA) is 26.0 Å². The summed E-state index contributed by atoms with van der Waals surface area (Å²) < 4.78 is 13.3. The molecule has 0 amide bonds. The van der Waals surface area contributed by atoms with Gasteiger partial charge in [-0.3, -0.25) is 0 Å². The van der Waals surface area contributed by atoms with E-state index in [-0.39, 0.29) is 11.7 Å². The van der Waals surface area contributed by atoms with Crippen molar-refractivity contribution in [2.45, 2.75) is 5.92 Å². The summed E-state index contributed by atoms with van der Waals surface area (Å²) in [7, 11) is 0. The molecule has 3 heteroatoms. The van der Waals surface area contributed by atoms with Gasteiger partial charge in [0.25, 0.3) is 0 Å². The van der Waals surface area contributed by atoms with Crippen LogP contribution in [0.15, 0.2) is 36.4 Å². The highest BCUT2D eigenvalue weighted by Crippen LogP contribution is 2.47. The molecule has 1 aliphatic carbocycles. The molecule has 0 saturated heterocycles. The first kappa shape index (κ1) is 10.8. The maximum Gasteiger partial charge on any atom is 0.123 e. The Labute approximate surface area is 104 Å². The van der Waals surface area contributed by atoms with Crippen LogP contribution in [0.2, 0.25) is 5.02 Å². The van der Waals surface area contributed by atoms with Crippen molar-refractivity contribution in [1.29, 1.82) is 0 Å². The fraction of sp³-hybridized carbons (Fsp3) is 0.143. The van der Waals surface area contributed by atoms with E-state index >= 15 is 0 Å². The van der Waals surface area contributed by atoms with E-state index in [1.54, 1.807) is 12.1 Å². The van der Waals surface area contributed by atoms with Gasteiger partial charge < -0.3 is 5.73 Å². The standard InChI is InChI=1S/C14H11ClFN/c15-13-3-1-2-9-12(7-17)11-6-8(16)4-5-10(11)14(9)13/h1-6,12H,7,17H2. The lowest BCUT2D eigenvalue weighted by molar-refractivity contribution is 0.624. The molecular formula is C14H11ClFN. The lowest BCUT2D eigenvalue weighted by atomic mass is 9.97. The Morgan fingerprint density at radius 1 is 1.18 bits per heavy atom. The molecule has 2 N–H and O–H groups in total. The summed E-state index contributed by atoms with van der Waals surface area (Å²) >= 11 is 6.22. The molecule has 3 rings (SSSR count). The molecule has 1 aliphatic rings. The summed E-state index contributed by atoms with van der Waals surface area (Å²) in [6.45, 7) is 0.462. The van der Waals surface area contributed by atoms with Gasteiger partial charge in [0.05, 0.1) is 0 Å². The molecular weight excluding hydrogens is 237 g/mol. The zero-order chi connectivity index (χ0) is 12.0. The third-order valence-electron chi connectivity index (χ3n) is 3.32. The third kappa shape index (κ3) is 1.48. The third-order valence-corrected chi connectivity index (χ3v) is 3.63. The molecule has 0 saturated carbocycles. The van der Waals surface area contributed by atoms with Gasteiger partial charge in [-0.2, -0.15) is 0 Å². The first-order chi connectivity index (χ1) is 8.22. The number of fused-ring (bicyclic) bond motifs is 3.